The molecule has 3 rings (SSSR count). The molecule has 130 valence electrons. The van der Waals surface area contributed by atoms with Gasteiger partial charge in [0.05, 0.1) is 19.4 Å². The summed E-state index contributed by atoms with van der Waals surface area (Å²) in [6.45, 7) is 2.24. The van der Waals surface area contributed by atoms with Crippen molar-refractivity contribution in [3.8, 4) is 5.75 Å². The Morgan fingerprint density at radius 2 is 1.92 bits per heavy atom. The summed E-state index contributed by atoms with van der Waals surface area (Å²) in [6, 6.07) is 7.23. The summed E-state index contributed by atoms with van der Waals surface area (Å²) >= 11 is 0. The van der Waals surface area contributed by atoms with Crippen LogP contribution in [0, 0.1) is 5.92 Å². The van der Waals surface area contributed by atoms with Crippen molar-refractivity contribution in [1.29, 1.82) is 0 Å². The third kappa shape index (κ3) is 2.82. The number of imide groups is 1. The standard InChI is InChI=1S/C18H20N4O3/c1-11-9-20-16-14(17(23)22(3)18(24)21(16)2)15(11)19-10-12-7-5-6-8-13(12)25-4/h5-9,14H,10H2,1-4H3. The summed E-state index contributed by atoms with van der Waals surface area (Å²) in [5.41, 5.74) is 2.37. The van der Waals surface area contributed by atoms with Crippen LogP contribution in [0.25, 0.3) is 0 Å². The van der Waals surface area contributed by atoms with Gasteiger partial charge in [-0.3, -0.25) is 19.6 Å². The van der Waals surface area contributed by atoms with Crippen molar-refractivity contribution in [2.75, 3.05) is 21.2 Å². The van der Waals surface area contributed by atoms with Gasteiger partial charge in [-0.25, -0.2) is 9.79 Å². The van der Waals surface area contributed by atoms with Gasteiger partial charge in [0.25, 0.3) is 0 Å². The van der Waals surface area contributed by atoms with Crippen molar-refractivity contribution in [3.05, 3.63) is 41.6 Å². The molecule has 2 heterocycles. The van der Waals surface area contributed by atoms with Crippen molar-refractivity contribution < 1.29 is 14.3 Å². The van der Waals surface area contributed by atoms with Crippen LogP contribution in [0.1, 0.15) is 12.5 Å². The van der Waals surface area contributed by atoms with E-state index < -0.39 is 11.9 Å². The second-order valence-corrected chi connectivity index (χ2v) is 5.98. The number of hydrogen-bond acceptors (Lipinski definition) is 5. The number of methoxy groups -OCH3 is 1. The molecule has 1 unspecified atom stereocenters. The molecule has 0 radical (unpaired) electrons. The van der Waals surface area contributed by atoms with Gasteiger partial charge in [0, 0.05) is 25.9 Å². The zero-order chi connectivity index (χ0) is 18.1. The molecule has 0 aromatic heterocycles. The molecule has 0 spiro atoms. The average molecular weight is 340 g/mol. The van der Waals surface area contributed by atoms with Crippen LogP contribution in [0.2, 0.25) is 0 Å². The summed E-state index contributed by atoms with van der Waals surface area (Å²) in [7, 11) is 4.70. The minimum Gasteiger partial charge on any atom is -0.496 e. The van der Waals surface area contributed by atoms with Gasteiger partial charge < -0.3 is 4.74 Å². The summed E-state index contributed by atoms with van der Waals surface area (Å²) in [5, 5.41) is 0. The summed E-state index contributed by atoms with van der Waals surface area (Å²) in [5.74, 6) is 0.190. The Labute approximate surface area is 146 Å². The predicted molar refractivity (Wildman–Crippen MR) is 94.7 cm³/mol. The van der Waals surface area contributed by atoms with E-state index in [4.69, 9.17) is 4.74 Å². The molecule has 25 heavy (non-hydrogen) atoms. The van der Waals surface area contributed by atoms with Gasteiger partial charge in [0.15, 0.2) is 0 Å². The minimum absolute atomic E-state index is 0.312. The topological polar surface area (TPSA) is 74.6 Å². The number of hydrogen-bond donors (Lipinski definition) is 0. The third-order valence-electron chi connectivity index (χ3n) is 4.43. The van der Waals surface area contributed by atoms with E-state index in [-0.39, 0.29) is 5.91 Å². The zero-order valence-corrected chi connectivity index (χ0v) is 14.7. The Balaban J connectivity index is 1.98. The molecule has 1 aromatic carbocycles. The number of amidine groups is 1. The highest BCUT2D eigenvalue weighted by Gasteiger charge is 2.44. The first kappa shape index (κ1) is 16.9. The highest BCUT2D eigenvalue weighted by molar-refractivity contribution is 6.33. The lowest BCUT2D eigenvalue weighted by atomic mass is 9.91. The van der Waals surface area contributed by atoms with E-state index in [1.807, 2.05) is 31.2 Å². The molecular formula is C18H20N4O3. The van der Waals surface area contributed by atoms with Gasteiger partial charge >= 0.3 is 6.03 Å². The van der Waals surface area contributed by atoms with Gasteiger partial charge in [0.1, 0.15) is 17.5 Å². The number of urea groups is 1. The maximum absolute atomic E-state index is 12.7. The van der Waals surface area contributed by atoms with Gasteiger partial charge in [-0.15, -0.1) is 0 Å². The molecule has 7 heteroatoms. The number of allylic oxidation sites excluding steroid dienone is 1. The highest BCUT2D eigenvalue weighted by Crippen LogP contribution is 2.26. The number of nitrogens with zero attached hydrogens (tertiary/aromatic N) is 4. The van der Waals surface area contributed by atoms with E-state index in [0.29, 0.717) is 18.1 Å². The smallest absolute Gasteiger partial charge is 0.331 e. The van der Waals surface area contributed by atoms with Gasteiger partial charge in [-0.2, -0.15) is 0 Å². The van der Waals surface area contributed by atoms with Crippen molar-refractivity contribution in [2.24, 2.45) is 15.9 Å². The fourth-order valence-corrected chi connectivity index (χ4v) is 2.99. The van der Waals surface area contributed by atoms with E-state index in [0.717, 1.165) is 21.8 Å². The van der Waals surface area contributed by atoms with Crippen LogP contribution in [-0.4, -0.2) is 54.5 Å². The number of benzene rings is 1. The van der Waals surface area contributed by atoms with Gasteiger partial charge in [-0.05, 0) is 18.6 Å². The molecule has 2 aliphatic rings. The number of carbonyl (C=O) groups excluding carboxylic acids is 2. The van der Waals surface area contributed by atoms with Crippen LogP contribution in [0.4, 0.5) is 4.79 Å². The molecule has 1 atom stereocenters. The van der Waals surface area contributed by atoms with Gasteiger partial charge in [0.2, 0.25) is 5.91 Å². The first-order valence-electron chi connectivity index (χ1n) is 7.92. The van der Waals surface area contributed by atoms with Crippen molar-refractivity contribution in [2.45, 2.75) is 13.5 Å². The van der Waals surface area contributed by atoms with Crippen molar-refractivity contribution >= 4 is 23.5 Å². The Hall–Kier alpha value is -2.96. The molecule has 0 bridgehead atoms. The SMILES string of the molecule is COc1ccccc1CN=C1C(C)=CN=C2C1C(=O)N(C)C(=O)N2C. The Morgan fingerprint density at radius 1 is 1.20 bits per heavy atom. The molecule has 0 aliphatic carbocycles. The average Bonchev–Trinajstić information content (AvgIpc) is 2.63. The van der Waals surface area contributed by atoms with Gasteiger partial charge in [-0.1, -0.05) is 18.2 Å². The molecule has 0 saturated carbocycles. The molecule has 7 nitrogen and oxygen atoms in total. The maximum atomic E-state index is 12.7. The molecule has 3 amide bonds. The fourth-order valence-electron chi connectivity index (χ4n) is 2.99. The van der Waals surface area contributed by atoms with Crippen LogP contribution in [0.5, 0.6) is 5.75 Å². The van der Waals surface area contributed by atoms with Crippen LogP contribution in [0.3, 0.4) is 0 Å². The van der Waals surface area contributed by atoms with Crippen LogP contribution < -0.4 is 4.74 Å². The Morgan fingerprint density at radius 3 is 2.64 bits per heavy atom. The molecule has 1 aromatic rings. The predicted octanol–water partition coefficient (Wildman–Crippen LogP) is 2.09. The fraction of sp³-hybridized carbons (Fsp3) is 0.333. The lowest BCUT2D eigenvalue weighted by Gasteiger charge is -2.37. The van der Waals surface area contributed by atoms with Crippen LogP contribution in [0.15, 0.2) is 46.0 Å². The lowest BCUT2D eigenvalue weighted by Crippen LogP contribution is -2.59. The number of aliphatic imine (C=N–C) groups is 2. The quantitative estimate of drug-likeness (QED) is 0.845. The number of amides is 3. The first-order valence-corrected chi connectivity index (χ1v) is 7.92. The normalized spacial score (nSPS) is 21.9. The first-order chi connectivity index (χ1) is 12.0. The summed E-state index contributed by atoms with van der Waals surface area (Å²) < 4.78 is 5.35. The minimum atomic E-state index is -0.660. The Kier molecular flexibility index (Phi) is 4.39. The van der Waals surface area contributed by atoms with E-state index in [9.17, 15) is 9.59 Å². The second-order valence-electron chi connectivity index (χ2n) is 5.98. The summed E-state index contributed by atoms with van der Waals surface area (Å²) in [6.07, 6.45) is 1.65. The van der Waals surface area contributed by atoms with E-state index in [1.165, 1.54) is 11.9 Å². The second kappa shape index (κ2) is 6.51. The number of carbonyl (C=O) groups is 2. The largest absolute Gasteiger partial charge is 0.496 e. The third-order valence-corrected chi connectivity index (χ3v) is 4.43. The number of ether oxygens (including phenoxy) is 1. The van der Waals surface area contributed by atoms with E-state index >= 15 is 0 Å². The number of para-hydroxylation sites is 1. The Bertz CT molecular complexity index is 825. The van der Waals surface area contributed by atoms with Crippen LogP contribution in [-0.2, 0) is 11.3 Å². The van der Waals surface area contributed by atoms with E-state index in [2.05, 4.69) is 9.98 Å². The molecule has 2 aliphatic heterocycles. The maximum Gasteiger partial charge on any atom is 0.331 e. The molecule has 1 saturated heterocycles. The van der Waals surface area contributed by atoms with Crippen LogP contribution >= 0.6 is 0 Å². The lowest BCUT2D eigenvalue weighted by molar-refractivity contribution is -0.128. The molecule has 1 fully saturated rings. The molecular weight excluding hydrogens is 320 g/mol. The summed E-state index contributed by atoms with van der Waals surface area (Å²) in [4.78, 5) is 36.3. The monoisotopic (exact) mass is 340 g/mol. The zero-order valence-electron chi connectivity index (χ0n) is 14.7. The van der Waals surface area contributed by atoms with Crippen molar-refractivity contribution in [3.63, 3.8) is 0 Å². The van der Waals surface area contributed by atoms with E-state index in [1.54, 1.807) is 20.4 Å². The van der Waals surface area contributed by atoms with Crippen molar-refractivity contribution in [1.82, 2.24) is 9.80 Å². The number of fused-ring (bicyclic) bond motifs is 1. The number of rotatable bonds is 3. The highest BCUT2D eigenvalue weighted by atomic mass is 16.5. The molecule has 0 N–H and O–H groups in total.